The fraction of sp³-hybridized carbons (Fsp3) is 0.348. The van der Waals surface area contributed by atoms with E-state index in [1.807, 2.05) is 39.8 Å². The van der Waals surface area contributed by atoms with Crippen LogP contribution in [0.1, 0.15) is 35.3 Å². The first-order chi connectivity index (χ1) is 14.2. The number of ether oxygens (including phenoxy) is 1. The molecule has 0 aliphatic carbocycles. The Kier molecular flexibility index (Phi) is 7.98. The van der Waals surface area contributed by atoms with Crippen molar-refractivity contribution in [1.29, 1.82) is 0 Å². The molecule has 160 valence electrons. The van der Waals surface area contributed by atoms with Crippen LogP contribution >= 0.6 is 0 Å². The Labute approximate surface area is 177 Å². The van der Waals surface area contributed by atoms with E-state index in [0.29, 0.717) is 17.0 Å². The molecule has 30 heavy (non-hydrogen) atoms. The van der Waals surface area contributed by atoms with Gasteiger partial charge in [-0.05, 0) is 49.6 Å². The molecule has 7 nitrogen and oxygen atoms in total. The number of carbonyl (C=O) groups is 3. The summed E-state index contributed by atoms with van der Waals surface area (Å²) in [6, 6.07) is 11.8. The Hall–Kier alpha value is -3.35. The van der Waals surface area contributed by atoms with Gasteiger partial charge in [0.15, 0.2) is 0 Å². The zero-order valence-electron chi connectivity index (χ0n) is 18.0. The monoisotopic (exact) mass is 411 g/mol. The number of hydrogen-bond acceptors (Lipinski definition) is 4. The summed E-state index contributed by atoms with van der Waals surface area (Å²) in [6.45, 7) is 7.24. The number of nitrogens with one attached hydrogen (secondary N) is 3. The zero-order chi connectivity index (χ0) is 22.3. The van der Waals surface area contributed by atoms with Gasteiger partial charge in [-0.15, -0.1) is 0 Å². The van der Waals surface area contributed by atoms with Gasteiger partial charge in [-0.1, -0.05) is 37.6 Å². The summed E-state index contributed by atoms with van der Waals surface area (Å²) in [4.78, 5) is 37.4. The quantitative estimate of drug-likeness (QED) is 0.622. The van der Waals surface area contributed by atoms with Crippen molar-refractivity contribution in [3.63, 3.8) is 0 Å². The van der Waals surface area contributed by atoms with Gasteiger partial charge in [0.25, 0.3) is 5.91 Å². The lowest BCUT2D eigenvalue weighted by Gasteiger charge is -2.22. The maximum atomic E-state index is 12.6. The molecular weight excluding hydrogens is 382 g/mol. The Morgan fingerprint density at radius 2 is 1.70 bits per heavy atom. The standard InChI is InChI=1S/C23H29N3O4/c1-14(2)21(26-22(28)17-8-6-7-15(3)11-17)23(29)24-13-20(27)25-18-12-16(4)9-10-19(18)30-5/h6-12,14,21H,13H2,1-5H3,(H,24,29)(H,25,27)(H,26,28). The molecule has 0 aromatic heterocycles. The first-order valence-corrected chi connectivity index (χ1v) is 9.81. The summed E-state index contributed by atoms with van der Waals surface area (Å²) in [6.07, 6.45) is 0. The lowest BCUT2D eigenvalue weighted by Crippen LogP contribution is -2.51. The number of anilines is 1. The molecule has 0 bridgehead atoms. The third kappa shape index (κ3) is 6.34. The van der Waals surface area contributed by atoms with E-state index < -0.39 is 11.9 Å². The van der Waals surface area contributed by atoms with E-state index in [0.717, 1.165) is 11.1 Å². The van der Waals surface area contributed by atoms with Crippen LogP contribution in [-0.4, -0.2) is 37.4 Å². The second-order valence-corrected chi connectivity index (χ2v) is 7.53. The van der Waals surface area contributed by atoms with Gasteiger partial charge in [0.2, 0.25) is 11.8 Å². The molecule has 0 aliphatic heterocycles. The fourth-order valence-corrected chi connectivity index (χ4v) is 2.94. The van der Waals surface area contributed by atoms with E-state index in [9.17, 15) is 14.4 Å². The molecule has 1 unspecified atom stereocenters. The van der Waals surface area contributed by atoms with E-state index in [-0.39, 0.29) is 24.3 Å². The Morgan fingerprint density at radius 1 is 1.00 bits per heavy atom. The first kappa shape index (κ1) is 22.9. The molecule has 0 radical (unpaired) electrons. The van der Waals surface area contributed by atoms with Crippen molar-refractivity contribution in [2.75, 3.05) is 19.0 Å². The van der Waals surface area contributed by atoms with Crippen LogP contribution in [0.5, 0.6) is 5.75 Å². The number of aryl methyl sites for hydroxylation is 2. The Morgan fingerprint density at radius 3 is 2.33 bits per heavy atom. The summed E-state index contributed by atoms with van der Waals surface area (Å²) in [7, 11) is 1.52. The zero-order valence-corrected chi connectivity index (χ0v) is 18.0. The molecule has 0 saturated heterocycles. The average Bonchev–Trinajstić information content (AvgIpc) is 2.70. The molecule has 3 amide bonds. The molecule has 7 heteroatoms. The van der Waals surface area contributed by atoms with Gasteiger partial charge >= 0.3 is 0 Å². The lowest BCUT2D eigenvalue weighted by molar-refractivity contribution is -0.126. The van der Waals surface area contributed by atoms with Crippen molar-refractivity contribution in [3.05, 3.63) is 59.2 Å². The molecule has 0 spiro atoms. The second-order valence-electron chi connectivity index (χ2n) is 7.53. The van der Waals surface area contributed by atoms with Crippen LogP contribution in [0.3, 0.4) is 0 Å². The molecule has 2 rings (SSSR count). The molecule has 3 N–H and O–H groups in total. The van der Waals surface area contributed by atoms with Gasteiger partial charge in [0.05, 0.1) is 19.3 Å². The highest BCUT2D eigenvalue weighted by molar-refractivity contribution is 5.99. The summed E-state index contributed by atoms with van der Waals surface area (Å²) in [5, 5.41) is 8.09. The predicted octanol–water partition coefficient (Wildman–Crippen LogP) is 2.82. The topological polar surface area (TPSA) is 96.5 Å². The minimum atomic E-state index is -0.765. The number of carbonyl (C=O) groups excluding carboxylic acids is 3. The van der Waals surface area contributed by atoms with Gasteiger partial charge < -0.3 is 20.7 Å². The van der Waals surface area contributed by atoms with E-state index in [4.69, 9.17) is 4.74 Å². The van der Waals surface area contributed by atoms with Crippen molar-refractivity contribution in [2.45, 2.75) is 33.7 Å². The molecule has 0 saturated carbocycles. The van der Waals surface area contributed by atoms with Crippen LogP contribution in [0, 0.1) is 19.8 Å². The summed E-state index contributed by atoms with van der Waals surface area (Å²) in [5.41, 5.74) is 2.94. The average molecular weight is 412 g/mol. The van der Waals surface area contributed by atoms with Crippen LogP contribution in [-0.2, 0) is 9.59 Å². The molecule has 0 aliphatic rings. The first-order valence-electron chi connectivity index (χ1n) is 9.81. The van der Waals surface area contributed by atoms with Gasteiger partial charge in [-0.25, -0.2) is 0 Å². The van der Waals surface area contributed by atoms with Crippen LogP contribution in [0.25, 0.3) is 0 Å². The highest BCUT2D eigenvalue weighted by atomic mass is 16.5. The molecule has 2 aromatic carbocycles. The van der Waals surface area contributed by atoms with Gasteiger partial charge in [0.1, 0.15) is 11.8 Å². The molecule has 1 atom stereocenters. The van der Waals surface area contributed by atoms with E-state index in [2.05, 4.69) is 16.0 Å². The van der Waals surface area contributed by atoms with Crippen LogP contribution in [0.4, 0.5) is 5.69 Å². The Balaban J connectivity index is 1.97. The van der Waals surface area contributed by atoms with Gasteiger partial charge in [-0.3, -0.25) is 14.4 Å². The maximum Gasteiger partial charge on any atom is 0.251 e. The number of rotatable bonds is 8. The minimum Gasteiger partial charge on any atom is -0.495 e. The van der Waals surface area contributed by atoms with Gasteiger partial charge in [-0.2, -0.15) is 0 Å². The van der Waals surface area contributed by atoms with E-state index >= 15 is 0 Å². The van der Waals surface area contributed by atoms with Crippen molar-refractivity contribution < 1.29 is 19.1 Å². The van der Waals surface area contributed by atoms with Crippen molar-refractivity contribution in [3.8, 4) is 5.75 Å². The SMILES string of the molecule is COc1ccc(C)cc1NC(=O)CNC(=O)C(NC(=O)c1cccc(C)c1)C(C)C. The van der Waals surface area contributed by atoms with Crippen LogP contribution in [0.2, 0.25) is 0 Å². The predicted molar refractivity (Wildman–Crippen MR) is 117 cm³/mol. The maximum absolute atomic E-state index is 12.6. The van der Waals surface area contributed by atoms with Crippen LogP contribution < -0.4 is 20.7 Å². The highest BCUT2D eigenvalue weighted by Gasteiger charge is 2.25. The largest absolute Gasteiger partial charge is 0.495 e. The second kappa shape index (κ2) is 10.4. The Bertz CT molecular complexity index is 924. The third-order valence-electron chi connectivity index (χ3n) is 4.57. The van der Waals surface area contributed by atoms with Crippen molar-refractivity contribution in [1.82, 2.24) is 10.6 Å². The summed E-state index contributed by atoms with van der Waals surface area (Å²) in [5.74, 6) is -0.761. The third-order valence-corrected chi connectivity index (χ3v) is 4.57. The highest BCUT2D eigenvalue weighted by Crippen LogP contribution is 2.24. The van der Waals surface area contributed by atoms with Crippen molar-refractivity contribution in [2.24, 2.45) is 5.92 Å². The summed E-state index contributed by atoms with van der Waals surface area (Å²) >= 11 is 0. The smallest absolute Gasteiger partial charge is 0.251 e. The van der Waals surface area contributed by atoms with E-state index in [1.165, 1.54) is 7.11 Å². The van der Waals surface area contributed by atoms with E-state index in [1.54, 1.807) is 30.3 Å². The number of methoxy groups -OCH3 is 1. The number of benzene rings is 2. The normalized spacial score (nSPS) is 11.5. The minimum absolute atomic E-state index is 0.154. The van der Waals surface area contributed by atoms with Crippen molar-refractivity contribution >= 4 is 23.4 Å². The van der Waals surface area contributed by atoms with Gasteiger partial charge in [0, 0.05) is 5.56 Å². The molecular formula is C23H29N3O4. The lowest BCUT2D eigenvalue weighted by atomic mass is 10.0. The number of hydrogen-bond donors (Lipinski definition) is 3. The molecule has 0 fully saturated rings. The van der Waals surface area contributed by atoms with Crippen LogP contribution in [0.15, 0.2) is 42.5 Å². The fourth-order valence-electron chi connectivity index (χ4n) is 2.94. The summed E-state index contributed by atoms with van der Waals surface area (Å²) < 4.78 is 5.24. The molecule has 0 heterocycles. The number of amides is 3. The molecule has 2 aromatic rings.